The summed E-state index contributed by atoms with van der Waals surface area (Å²) in [6.07, 6.45) is 9.39. The number of ether oxygens (including phenoxy) is 2. The molecule has 0 atom stereocenters. The lowest BCUT2D eigenvalue weighted by Crippen LogP contribution is -2.40. The van der Waals surface area contributed by atoms with Gasteiger partial charge < -0.3 is 14.0 Å². The van der Waals surface area contributed by atoms with Gasteiger partial charge in [0.2, 0.25) is 0 Å². The van der Waals surface area contributed by atoms with Crippen molar-refractivity contribution in [3.63, 3.8) is 0 Å². The Labute approximate surface area is 243 Å². The molecule has 0 spiro atoms. The SMILES string of the molecule is COc1ccccc1OCCn1cc(/C=C2\SC(=Nc3ccc(F)cc3)N(C3CCCCC3)C2=O)c2ccccc21. The Morgan fingerprint density at radius 2 is 1.71 bits per heavy atom. The van der Waals surface area contributed by atoms with Gasteiger partial charge in [0.1, 0.15) is 12.4 Å². The number of aliphatic imine (C=N–C) groups is 1. The van der Waals surface area contributed by atoms with Crippen molar-refractivity contribution in [2.45, 2.75) is 44.7 Å². The topological polar surface area (TPSA) is 56.1 Å². The van der Waals surface area contributed by atoms with Crippen molar-refractivity contribution in [1.82, 2.24) is 9.47 Å². The van der Waals surface area contributed by atoms with Gasteiger partial charge in [-0.15, -0.1) is 0 Å². The fourth-order valence-corrected chi connectivity index (χ4v) is 6.61. The number of methoxy groups -OCH3 is 1. The van der Waals surface area contributed by atoms with Gasteiger partial charge in [0.05, 0.1) is 24.2 Å². The Hall–Kier alpha value is -4.04. The minimum absolute atomic E-state index is 0.0147. The highest BCUT2D eigenvalue weighted by Crippen LogP contribution is 2.39. The molecule has 1 aromatic heterocycles. The normalized spacial score (nSPS) is 18.1. The van der Waals surface area contributed by atoms with E-state index in [2.05, 4.69) is 22.9 Å². The minimum atomic E-state index is -0.307. The zero-order valence-corrected chi connectivity index (χ0v) is 23.8. The van der Waals surface area contributed by atoms with Crippen LogP contribution in [-0.4, -0.2) is 40.3 Å². The number of para-hydroxylation sites is 3. The first-order valence-electron chi connectivity index (χ1n) is 14.0. The van der Waals surface area contributed by atoms with E-state index >= 15 is 0 Å². The van der Waals surface area contributed by atoms with Crippen molar-refractivity contribution >= 4 is 45.5 Å². The third kappa shape index (κ3) is 5.88. The van der Waals surface area contributed by atoms with Crippen LogP contribution in [0.3, 0.4) is 0 Å². The molecule has 210 valence electrons. The van der Waals surface area contributed by atoms with E-state index in [0.717, 1.165) is 42.1 Å². The van der Waals surface area contributed by atoms with E-state index in [1.165, 1.54) is 30.3 Å². The number of halogens is 1. The molecule has 3 aromatic carbocycles. The Bertz CT molecular complexity index is 1610. The molecule has 6 rings (SSSR count). The van der Waals surface area contributed by atoms with Crippen molar-refractivity contribution in [1.29, 1.82) is 0 Å². The number of carbonyl (C=O) groups excluding carboxylic acids is 1. The quantitative estimate of drug-likeness (QED) is 0.203. The molecule has 1 saturated carbocycles. The van der Waals surface area contributed by atoms with Gasteiger partial charge in [0, 0.05) is 28.7 Å². The molecule has 0 N–H and O–H groups in total. The average Bonchev–Trinajstić information content (AvgIpc) is 3.51. The molecule has 1 saturated heterocycles. The van der Waals surface area contributed by atoms with E-state index in [4.69, 9.17) is 14.5 Å². The highest BCUT2D eigenvalue weighted by molar-refractivity contribution is 8.18. The van der Waals surface area contributed by atoms with Gasteiger partial charge in [-0.1, -0.05) is 49.6 Å². The van der Waals surface area contributed by atoms with E-state index in [1.54, 1.807) is 19.2 Å². The Morgan fingerprint density at radius 3 is 2.49 bits per heavy atom. The Morgan fingerprint density at radius 1 is 0.976 bits per heavy atom. The van der Waals surface area contributed by atoms with Crippen LogP contribution in [0, 0.1) is 5.82 Å². The maximum atomic E-state index is 13.9. The lowest BCUT2D eigenvalue weighted by molar-refractivity contribution is -0.124. The summed E-state index contributed by atoms with van der Waals surface area (Å²) >= 11 is 1.40. The number of hydrogen-bond acceptors (Lipinski definition) is 5. The summed E-state index contributed by atoms with van der Waals surface area (Å²) in [7, 11) is 1.63. The van der Waals surface area contributed by atoms with E-state index in [1.807, 2.05) is 47.4 Å². The first kappa shape index (κ1) is 27.1. The van der Waals surface area contributed by atoms with Crippen LogP contribution < -0.4 is 9.47 Å². The number of carbonyl (C=O) groups is 1. The van der Waals surface area contributed by atoms with Crippen LogP contribution in [0.15, 0.2) is 88.9 Å². The molecule has 4 aromatic rings. The van der Waals surface area contributed by atoms with E-state index < -0.39 is 0 Å². The van der Waals surface area contributed by atoms with Gasteiger partial charge in [-0.05, 0) is 73.1 Å². The van der Waals surface area contributed by atoms with Crippen LogP contribution in [0.5, 0.6) is 11.5 Å². The summed E-state index contributed by atoms with van der Waals surface area (Å²) in [6, 6.07) is 22.0. The summed E-state index contributed by atoms with van der Waals surface area (Å²) in [4.78, 5) is 21.2. The number of thioether (sulfide) groups is 1. The molecule has 0 unspecified atom stereocenters. The standard InChI is InChI=1S/C33H32FN3O3S/c1-39-29-13-7-8-14-30(29)40-20-19-36-22-23(27-11-5-6-12-28(27)36)21-31-32(38)37(26-9-3-2-4-10-26)33(41-31)35-25-17-15-24(34)16-18-25/h5-8,11-18,21-22,26H,2-4,9-10,19-20H2,1H3/b31-21-,35-33?. The molecular formula is C33H32FN3O3S. The second-order valence-electron chi connectivity index (χ2n) is 10.2. The number of aromatic nitrogens is 1. The molecule has 8 heteroatoms. The number of fused-ring (bicyclic) bond motifs is 1. The first-order chi connectivity index (χ1) is 20.1. The van der Waals surface area contributed by atoms with E-state index in [9.17, 15) is 9.18 Å². The predicted molar refractivity (Wildman–Crippen MR) is 163 cm³/mol. The number of amidine groups is 1. The summed E-state index contributed by atoms with van der Waals surface area (Å²) in [5, 5.41) is 1.73. The molecule has 0 radical (unpaired) electrons. The molecule has 2 aliphatic rings. The van der Waals surface area contributed by atoms with Crippen molar-refractivity contribution in [2.75, 3.05) is 13.7 Å². The molecule has 6 nitrogen and oxygen atoms in total. The summed E-state index contributed by atoms with van der Waals surface area (Å²) < 4.78 is 27.1. The molecule has 1 aliphatic carbocycles. The fraction of sp³-hybridized carbons (Fsp3) is 0.273. The number of nitrogens with zero attached hydrogens (tertiary/aromatic N) is 3. The number of amides is 1. The average molecular weight is 570 g/mol. The lowest BCUT2D eigenvalue weighted by Gasteiger charge is -2.30. The molecular weight excluding hydrogens is 537 g/mol. The van der Waals surface area contributed by atoms with E-state index in [-0.39, 0.29) is 17.8 Å². The first-order valence-corrected chi connectivity index (χ1v) is 14.8. The maximum absolute atomic E-state index is 13.9. The number of hydrogen-bond donors (Lipinski definition) is 0. The third-order valence-electron chi connectivity index (χ3n) is 7.59. The fourth-order valence-electron chi connectivity index (χ4n) is 5.56. The van der Waals surface area contributed by atoms with Crippen LogP contribution in [0.2, 0.25) is 0 Å². The monoisotopic (exact) mass is 569 g/mol. The summed E-state index contributed by atoms with van der Waals surface area (Å²) in [5.74, 6) is 1.09. The lowest BCUT2D eigenvalue weighted by atomic mass is 9.94. The van der Waals surface area contributed by atoms with Crippen LogP contribution in [0.25, 0.3) is 17.0 Å². The van der Waals surface area contributed by atoms with Crippen LogP contribution >= 0.6 is 11.8 Å². The minimum Gasteiger partial charge on any atom is -0.493 e. The van der Waals surface area contributed by atoms with Gasteiger partial charge >= 0.3 is 0 Å². The van der Waals surface area contributed by atoms with Crippen molar-refractivity contribution in [3.8, 4) is 11.5 Å². The molecule has 2 fully saturated rings. The molecule has 0 bridgehead atoms. The van der Waals surface area contributed by atoms with Crippen molar-refractivity contribution < 1.29 is 18.7 Å². The van der Waals surface area contributed by atoms with Crippen LogP contribution in [0.1, 0.15) is 37.7 Å². The number of benzene rings is 3. The highest BCUT2D eigenvalue weighted by Gasteiger charge is 2.38. The van der Waals surface area contributed by atoms with Crippen molar-refractivity contribution in [2.24, 2.45) is 4.99 Å². The zero-order chi connectivity index (χ0) is 28.2. The predicted octanol–water partition coefficient (Wildman–Crippen LogP) is 7.80. The van der Waals surface area contributed by atoms with Crippen LogP contribution in [0.4, 0.5) is 10.1 Å². The Kier molecular flexibility index (Phi) is 8.09. The zero-order valence-electron chi connectivity index (χ0n) is 23.0. The van der Waals surface area contributed by atoms with Crippen molar-refractivity contribution in [3.05, 3.63) is 95.3 Å². The Balaban J connectivity index is 1.29. The second-order valence-corrected chi connectivity index (χ2v) is 11.3. The van der Waals surface area contributed by atoms with Crippen LogP contribution in [-0.2, 0) is 11.3 Å². The second kappa shape index (κ2) is 12.2. The summed E-state index contributed by atoms with van der Waals surface area (Å²) in [5.41, 5.74) is 2.68. The summed E-state index contributed by atoms with van der Waals surface area (Å²) in [6.45, 7) is 1.10. The van der Waals surface area contributed by atoms with Gasteiger partial charge in [0.25, 0.3) is 5.91 Å². The van der Waals surface area contributed by atoms with Gasteiger partial charge in [-0.3, -0.25) is 9.69 Å². The maximum Gasteiger partial charge on any atom is 0.267 e. The highest BCUT2D eigenvalue weighted by atomic mass is 32.2. The molecule has 1 amide bonds. The largest absolute Gasteiger partial charge is 0.493 e. The van der Waals surface area contributed by atoms with Gasteiger partial charge in [0.15, 0.2) is 16.7 Å². The smallest absolute Gasteiger partial charge is 0.267 e. The van der Waals surface area contributed by atoms with Gasteiger partial charge in [-0.25, -0.2) is 9.38 Å². The number of rotatable bonds is 8. The van der Waals surface area contributed by atoms with Gasteiger partial charge in [-0.2, -0.15) is 0 Å². The molecule has 41 heavy (non-hydrogen) atoms. The molecule has 1 aliphatic heterocycles. The third-order valence-corrected chi connectivity index (χ3v) is 8.58. The molecule has 2 heterocycles. The van der Waals surface area contributed by atoms with E-state index in [0.29, 0.717) is 40.4 Å².